The van der Waals surface area contributed by atoms with E-state index in [4.69, 9.17) is 4.42 Å². The fourth-order valence-electron chi connectivity index (χ4n) is 2.90. The largest absolute Gasteiger partial charge is 0.464 e. The van der Waals surface area contributed by atoms with Crippen LogP contribution in [0.1, 0.15) is 63.0 Å². The molecule has 112 valence electrons. The lowest BCUT2D eigenvalue weighted by Crippen LogP contribution is -2.37. The first kappa shape index (κ1) is 14.9. The van der Waals surface area contributed by atoms with Crippen molar-refractivity contribution in [1.29, 1.82) is 0 Å². The van der Waals surface area contributed by atoms with Gasteiger partial charge in [-0.1, -0.05) is 25.7 Å². The Labute approximate surface area is 121 Å². The summed E-state index contributed by atoms with van der Waals surface area (Å²) in [6.07, 6.45) is 7.85. The number of hydrogen-bond donors (Lipinski definition) is 2. The van der Waals surface area contributed by atoms with Crippen LogP contribution in [-0.2, 0) is 0 Å². The Hall–Kier alpha value is -1.45. The minimum absolute atomic E-state index is 0.0986. The Morgan fingerprint density at radius 2 is 2.15 bits per heavy atom. The smallest absolute Gasteiger partial charge is 0.315 e. The van der Waals surface area contributed by atoms with Crippen molar-refractivity contribution in [3.8, 4) is 0 Å². The van der Waals surface area contributed by atoms with Gasteiger partial charge in [-0.3, -0.25) is 0 Å². The predicted molar refractivity (Wildman–Crippen MR) is 79.6 cm³/mol. The van der Waals surface area contributed by atoms with Crippen molar-refractivity contribution in [2.75, 3.05) is 6.54 Å². The molecular formula is C16H26N2O2. The van der Waals surface area contributed by atoms with Gasteiger partial charge in [0.15, 0.2) is 0 Å². The van der Waals surface area contributed by atoms with Crippen LogP contribution in [0.4, 0.5) is 4.79 Å². The number of carbonyl (C=O) groups excluding carboxylic acids is 1. The molecule has 1 aliphatic carbocycles. The highest BCUT2D eigenvalue weighted by Gasteiger charge is 2.15. The summed E-state index contributed by atoms with van der Waals surface area (Å²) in [7, 11) is 0. The quantitative estimate of drug-likeness (QED) is 0.775. The summed E-state index contributed by atoms with van der Waals surface area (Å²) in [5.74, 6) is 2.55. The number of carbonyl (C=O) groups is 1. The van der Waals surface area contributed by atoms with Gasteiger partial charge in [0.25, 0.3) is 0 Å². The van der Waals surface area contributed by atoms with Crippen molar-refractivity contribution in [2.24, 2.45) is 5.92 Å². The average molecular weight is 278 g/mol. The number of amides is 2. The van der Waals surface area contributed by atoms with Crippen LogP contribution in [0.25, 0.3) is 0 Å². The van der Waals surface area contributed by atoms with Crippen LogP contribution in [0.3, 0.4) is 0 Å². The summed E-state index contributed by atoms with van der Waals surface area (Å²) in [5, 5.41) is 5.82. The topological polar surface area (TPSA) is 54.3 Å². The molecule has 20 heavy (non-hydrogen) atoms. The first-order chi connectivity index (χ1) is 9.65. The molecule has 0 radical (unpaired) electrons. The molecular weight excluding hydrogens is 252 g/mol. The van der Waals surface area contributed by atoms with Crippen LogP contribution in [0.5, 0.6) is 0 Å². The van der Waals surface area contributed by atoms with E-state index in [9.17, 15) is 4.79 Å². The molecule has 1 aliphatic rings. The second-order valence-electron chi connectivity index (χ2n) is 5.86. The van der Waals surface area contributed by atoms with Gasteiger partial charge in [0.2, 0.25) is 0 Å². The van der Waals surface area contributed by atoms with Crippen LogP contribution in [0, 0.1) is 12.8 Å². The van der Waals surface area contributed by atoms with Gasteiger partial charge in [-0.2, -0.15) is 0 Å². The molecule has 1 heterocycles. The molecule has 1 unspecified atom stereocenters. The lowest BCUT2D eigenvalue weighted by Gasteiger charge is -2.13. The van der Waals surface area contributed by atoms with Gasteiger partial charge in [-0.25, -0.2) is 4.79 Å². The number of nitrogens with one attached hydrogen (secondary N) is 2. The molecule has 1 aromatic heterocycles. The highest BCUT2D eigenvalue weighted by molar-refractivity contribution is 5.74. The lowest BCUT2D eigenvalue weighted by atomic mass is 10.0. The van der Waals surface area contributed by atoms with E-state index in [2.05, 4.69) is 10.6 Å². The van der Waals surface area contributed by atoms with E-state index in [0.717, 1.165) is 30.4 Å². The highest BCUT2D eigenvalue weighted by Crippen LogP contribution is 2.28. The second kappa shape index (κ2) is 7.36. The van der Waals surface area contributed by atoms with E-state index < -0.39 is 0 Å². The molecule has 1 atom stereocenters. The zero-order valence-electron chi connectivity index (χ0n) is 12.6. The summed E-state index contributed by atoms with van der Waals surface area (Å²) in [6.45, 7) is 4.59. The molecule has 4 heteroatoms. The minimum atomic E-state index is -0.113. The van der Waals surface area contributed by atoms with Gasteiger partial charge < -0.3 is 15.1 Å². The third-order valence-electron chi connectivity index (χ3n) is 4.08. The molecule has 0 aromatic carbocycles. The van der Waals surface area contributed by atoms with Crippen molar-refractivity contribution in [2.45, 2.75) is 58.4 Å². The second-order valence-corrected chi connectivity index (χ2v) is 5.86. The Kier molecular flexibility index (Phi) is 5.50. The van der Waals surface area contributed by atoms with E-state index >= 15 is 0 Å². The lowest BCUT2D eigenvalue weighted by molar-refractivity contribution is 0.235. The standard InChI is InChI=1S/C16H26N2O2/c1-12-9-10-15(20-12)13(2)18-16(19)17-11-5-8-14-6-3-4-7-14/h9-10,13-14H,3-8,11H2,1-2H3,(H2,17,18,19). The van der Waals surface area contributed by atoms with Gasteiger partial charge in [0.05, 0.1) is 6.04 Å². The maximum Gasteiger partial charge on any atom is 0.315 e. The molecule has 2 rings (SSSR count). The Morgan fingerprint density at radius 1 is 1.40 bits per heavy atom. The molecule has 2 N–H and O–H groups in total. The average Bonchev–Trinajstić information content (AvgIpc) is 3.06. The fourth-order valence-corrected chi connectivity index (χ4v) is 2.90. The normalized spacial score (nSPS) is 17.1. The minimum Gasteiger partial charge on any atom is -0.464 e. The van der Waals surface area contributed by atoms with Gasteiger partial charge in [0.1, 0.15) is 11.5 Å². The number of furan rings is 1. The van der Waals surface area contributed by atoms with Crippen LogP contribution in [0.15, 0.2) is 16.5 Å². The number of aryl methyl sites for hydroxylation is 1. The van der Waals surface area contributed by atoms with Crippen LogP contribution >= 0.6 is 0 Å². The molecule has 1 aromatic rings. The van der Waals surface area contributed by atoms with Crippen molar-refractivity contribution >= 4 is 6.03 Å². The first-order valence-corrected chi connectivity index (χ1v) is 7.76. The summed E-state index contributed by atoms with van der Waals surface area (Å²) in [6, 6.07) is 3.60. The van der Waals surface area contributed by atoms with E-state index in [1.165, 1.54) is 32.1 Å². The highest BCUT2D eigenvalue weighted by atomic mass is 16.3. The molecule has 0 aliphatic heterocycles. The van der Waals surface area contributed by atoms with Crippen molar-refractivity contribution in [3.05, 3.63) is 23.7 Å². The molecule has 1 fully saturated rings. The number of hydrogen-bond acceptors (Lipinski definition) is 2. The Morgan fingerprint density at radius 3 is 2.80 bits per heavy atom. The van der Waals surface area contributed by atoms with Crippen LogP contribution in [0.2, 0.25) is 0 Å². The van der Waals surface area contributed by atoms with Gasteiger partial charge >= 0.3 is 6.03 Å². The third kappa shape index (κ3) is 4.58. The maximum absolute atomic E-state index is 11.8. The summed E-state index contributed by atoms with van der Waals surface area (Å²) in [4.78, 5) is 11.8. The van der Waals surface area contributed by atoms with Gasteiger partial charge in [0, 0.05) is 6.54 Å². The van der Waals surface area contributed by atoms with Crippen molar-refractivity contribution in [3.63, 3.8) is 0 Å². The molecule has 1 saturated carbocycles. The fraction of sp³-hybridized carbons (Fsp3) is 0.688. The van der Waals surface area contributed by atoms with Crippen molar-refractivity contribution < 1.29 is 9.21 Å². The molecule has 4 nitrogen and oxygen atoms in total. The molecule has 2 amide bonds. The molecule has 0 saturated heterocycles. The summed E-state index contributed by atoms with van der Waals surface area (Å²) in [5.41, 5.74) is 0. The molecule has 0 spiro atoms. The van der Waals surface area contributed by atoms with E-state index in [1.807, 2.05) is 26.0 Å². The molecule has 0 bridgehead atoms. The van der Waals surface area contributed by atoms with Gasteiger partial charge in [-0.15, -0.1) is 0 Å². The van der Waals surface area contributed by atoms with Crippen LogP contribution in [-0.4, -0.2) is 12.6 Å². The van der Waals surface area contributed by atoms with Gasteiger partial charge in [-0.05, 0) is 44.7 Å². The van der Waals surface area contributed by atoms with E-state index in [1.54, 1.807) is 0 Å². The summed E-state index contributed by atoms with van der Waals surface area (Å²) >= 11 is 0. The van der Waals surface area contributed by atoms with Crippen LogP contribution < -0.4 is 10.6 Å². The first-order valence-electron chi connectivity index (χ1n) is 7.76. The summed E-state index contributed by atoms with van der Waals surface area (Å²) < 4.78 is 5.50. The number of urea groups is 1. The zero-order chi connectivity index (χ0) is 14.4. The predicted octanol–water partition coefficient (Wildman–Crippen LogP) is 3.92. The van der Waals surface area contributed by atoms with E-state index in [0.29, 0.717) is 0 Å². The monoisotopic (exact) mass is 278 g/mol. The van der Waals surface area contributed by atoms with E-state index in [-0.39, 0.29) is 12.1 Å². The Balaban J connectivity index is 1.60. The SMILES string of the molecule is Cc1ccc(C(C)NC(=O)NCCCC2CCCC2)o1. The number of rotatable bonds is 6. The maximum atomic E-state index is 11.8. The Bertz CT molecular complexity index is 422. The van der Waals surface area contributed by atoms with Crippen molar-refractivity contribution in [1.82, 2.24) is 10.6 Å². The zero-order valence-corrected chi connectivity index (χ0v) is 12.6. The third-order valence-corrected chi connectivity index (χ3v) is 4.08.